The zero-order valence-corrected chi connectivity index (χ0v) is 14.1. The van der Waals surface area contributed by atoms with Gasteiger partial charge in [-0.3, -0.25) is 4.99 Å². The molecular formula is C15H17BrFN3S. The van der Waals surface area contributed by atoms with E-state index in [0.29, 0.717) is 6.54 Å². The van der Waals surface area contributed by atoms with E-state index in [1.807, 2.05) is 6.07 Å². The number of thiophene rings is 1. The third-order valence-electron chi connectivity index (χ3n) is 2.87. The first-order valence-electron chi connectivity index (χ1n) is 6.60. The second-order valence-electron chi connectivity index (χ2n) is 4.44. The first-order chi connectivity index (χ1) is 10.2. The number of aliphatic imine (C=N–C) groups is 1. The molecule has 2 rings (SSSR count). The molecule has 0 unspecified atom stereocenters. The maximum Gasteiger partial charge on any atom is 0.191 e. The molecule has 0 radical (unpaired) electrons. The third-order valence-corrected chi connectivity index (χ3v) is 4.55. The fourth-order valence-electron chi connectivity index (χ4n) is 1.84. The van der Waals surface area contributed by atoms with Crippen LogP contribution in [0.2, 0.25) is 0 Å². The highest BCUT2D eigenvalue weighted by molar-refractivity contribution is 9.11. The Morgan fingerprint density at radius 3 is 2.81 bits per heavy atom. The Morgan fingerprint density at radius 2 is 2.14 bits per heavy atom. The molecule has 0 aliphatic heterocycles. The highest BCUT2D eigenvalue weighted by Crippen LogP contribution is 2.21. The van der Waals surface area contributed by atoms with Gasteiger partial charge in [0.25, 0.3) is 0 Å². The smallest absolute Gasteiger partial charge is 0.191 e. The Hall–Kier alpha value is -1.40. The van der Waals surface area contributed by atoms with Crippen LogP contribution in [0.25, 0.3) is 0 Å². The summed E-state index contributed by atoms with van der Waals surface area (Å²) in [4.78, 5) is 5.47. The first kappa shape index (κ1) is 16.0. The molecule has 21 heavy (non-hydrogen) atoms. The summed E-state index contributed by atoms with van der Waals surface area (Å²) in [6, 6.07) is 10.7. The van der Waals surface area contributed by atoms with E-state index in [1.54, 1.807) is 24.5 Å². The number of halogens is 2. The Morgan fingerprint density at radius 1 is 1.29 bits per heavy atom. The number of nitrogens with one attached hydrogen (secondary N) is 2. The highest BCUT2D eigenvalue weighted by Gasteiger charge is 2.01. The van der Waals surface area contributed by atoms with Crippen LogP contribution in [0, 0.1) is 5.82 Å². The Balaban J connectivity index is 1.76. The molecule has 0 aliphatic carbocycles. The summed E-state index contributed by atoms with van der Waals surface area (Å²) in [6.07, 6.45) is 0.941. The number of rotatable bonds is 5. The fraction of sp³-hybridized carbons (Fsp3) is 0.267. The van der Waals surface area contributed by atoms with Crippen LogP contribution in [-0.4, -0.2) is 19.6 Å². The zero-order chi connectivity index (χ0) is 15.1. The molecule has 3 nitrogen and oxygen atoms in total. The van der Waals surface area contributed by atoms with Crippen LogP contribution in [0.3, 0.4) is 0 Å². The van der Waals surface area contributed by atoms with Crippen LogP contribution in [0.1, 0.15) is 10.4 Å². The molecule has 0 fully saturated rings. The summed E-state index contributed by atoms with van der Waals surface area (Å²) in [7, 11) is 1.72. The molecule has 0 saturated heterocycles. The Bertz CT molecular complexity index is 612. The quantitative estimate of drug-likeness (QED) is 0.624. The molecule has 1 aromatic heterocycles. The summed E-state index contributed by atoms with van der Waals surface area (Å²) < 4.78 is 14.2. The summed E-state index contributed by atoms with van der Waals surface area (Å²) in [6.45, 7) is 1.35. The largest absolute Gasteiger partial charge is 0.356 e. The van der Waals surface area contributed by atoms with Crippen molar-refractivity contribution in [1.29, 1.82) is 0 Å². The van der Waals surface area contributed by atoms with Crippen molar-refractivity contribution in [2.75, 3.05) is 13.6 Å². The van der Waals surface area contributed by atoms with Crippen molar-refractivity contribution in [2.24, 2.45) is 4.99 Å². The van der Waals surface area contributed by atoms with E-state index >= 15 is 0 Å². The van der Waals surface area contributed by atoms with Crippen molar-refractivity contribution in [2.45, 2.75) is 13.0 Å². The summed E-state index contributed by atoms with van der Waals surface area (Å²) >= 11 is 5.19. The lowest BCUT2D eigenvalue weighted by Crippen LogP contribution is -2.37. The van der Waals surface area contributed by atoms with Gasteiger partial charge in [-0.1, -0.05) is 12.1 Å². The van der Waals surface area contributed by atoms with Gasteiger partial charge in [0.05, 0.1) is 3.79 Å². The van der Waals surface area contributed by atoms with Gasteiger partial charge in [-0.15, -0.1) is 11.3 Å². The predicted octanol–water partition coefficient (Wildman–Crippen LogP) is 3.56. The maximum atomic E-state index is 13.1. The van der Waals surface area contributed by atoms with Gasteiger partial charge >= 0.3 is 0 Å². The van der Waals surface area contributed by atoms with Gasteiger partial charge in [0, 0.05) is 25.0 Å². The molecule has 0 spiro atoms. The summed E-state index contributed by atoms with van der Waals surface area (Å²) in [5.74, 6) is 0.496. The minimum absolute atomic E-state index is 0.222. The van der Waals surface area contributed by atoms with Gasteiger partial charge < -0.3 is 10.6 Å². The van der Waals surface area contributed by atoms with Gasteiger partial charge in [0.15, 0.2) is 5.96 Å². The number of nitrogens with zero attached hydrogens (tertiary/aromatic N) is 1. The average Bonchev–Trinajstić information content (AvgIpc) is 2.88. The molecule has 2 N–H and O–H groups in total. The molecule has 6 heteroatoms. The van der Waals surface area contributed by atoms with Crippen molar-refractivity contribution in [3.63, 3.8) is 0 Å². The molecule has 0 saturated carbocycles. The van der Waals surface area contributed by atoms with Crippen molar-refractivity contribution >= 4 is 33.2 Å². The van der Waals surface area contributed by atoms with Crippen molar-refractivity contribution in [3.8, 4) is 0 Å². The Kier molecular flexibility index (Phi) is 6.20. The van der Waals surface area contributed by atoms with Crippen molar-refractivity contribution in [3.05, 3.63) is 56.4 Å². The summed E-state index contributed by atoms with van der Waals surface area (Å²) in [5.41, 5.74) is 0.889. The van der Waals surface area contributed by atoms with Gasteiger partial charge in [-0.2, -0.15) is 0 Å². The number of guanidine groups is 1. The SMILES string of the molecule is CN=C(NCCc1ccc(Br)s1)NCc1cccc(F)c1. The van der Waals surface area contributed by atoms with Crippen LogP contribution in [-0.2, 0) is 13.0 Å². The molecule has 0 amide bonds. The monoisotopic (exact) mass is 369 g/mol. The molecule has 1 aromatic carbocycles. The lowest BCUT2D eigenvalue weighted by molar-refractivity contribution is 0.624. The molecule has 0 bridgehead atoms. The minimum Gasteiger partial charge on any atom is -0.356 e. The Labute approximate surface area is 136 Å². The van der Waals surface area contributed by atoms with Gasteiger partial charge in [-0.05, 0) is 52.2 Å². The first-order valence-corrected chi connectivity index (χ1v) is 8.21. The van der Waals surface area contributed by atoms with E-state index in [4.69, 9.17) is 0 Å². The van der Waals surface area contributed by atoms with Crippen LogP contribution >= 0.6 is 27.3 Å². The number of hydrogen-bond acceptors (Lipinski definition) is 2. The van der Waals surface area contributed by atoms with Gasteiger partial charge in [0.1, 0.15) is 5.82 Å². The lowest BCUT2D eigenvalue weighted by atomic mass is 10.2. The third kappa shape index (κ3) is 5.47. The van der Waals surface area contributed by atoms with Crippen LogP contribution < -0.4 is 10.6 Å². The molecule has 2 aromatic rings. The summed E-state index contributed by atoms with van der Waals surface area (Å²) in [5, 5.41) is 6.42. The van der Waals surface area contributed by atoms with Crippen LogP contribution in [0.4, 0.5) is 4.39 Å². The molecule has 112 valence electrons. The van der Waals surface area contributed by atoms with E-state index in [2.05, 4.69) is 43.7 Å². The van der Waals surface area contributed by atoms with Gasteiger partial charge in [0.2, 0.25) is 0 Å². The normalized spacial score (nSPS) is 11.5. The van der Waals surface area contributed by atoms with E-state index in [1.165, 1.54) is 17.0 Å². The molecular weight excluding hydrogens is 353 g/mol. The standard InChI is InChI=1S/C15H17BrFN3S/c1-18-15(19-8-7-13-5-6-14(16)21-13)20-10-11-3-2-4-12(17)9-11/h2-6,9H,7-8,10H2,1H3,(H2,18,19,20). The maximum absolute atomic E-state index is 13.1. The van der Waals surface area contributed by atoms with Crippen LogP contribution in [0.5, 0.6) is 0 Å². The van der Waals surface area contributed by atoms with E-state index < -0.39 is 0 Å². The fourth-order valence-corrected chi connectivity index (χ4v) is 3.33. The van der Waals surface area contributed by atoms with E-state index in [-0.39, 0.29) is 5.82 Å². The second kappa shape index (κ2) is 8.14. The number of hydrogen-bond donors (Lipinski definition) is 2. The molecule has 0 atom stereocenters. The minimum atomic E-state index is -0.222. The number of benzene rings is 1. The predicted molar refractivity (Wildman–Crippen MR) is 90.3 cm³/mol. The van der Waals surface area contributed by atoms with Crippen LogP contribution in [0.15, 0.2) is 45.2 Å². The second-order valence-corrected chi connectivity index (χ2v) is 6.99. The molecule has 1 heterocycles. The molecule has 0 aliphatic rings. The van der Waals surface area contributed by atoms with E-state index in [0.717, 1.165) is 28.3 Å². The van der Waals surface area contributed by atoms with Crippen molar-refractivity contribution < 1.29 is 4.39 Å². The average molecular weight is 370 g/mol. The zero-order valence-electron chi connectivity index (χ0n) is 11.7. The topological polar surface area (TPSA) is 36.4 Å². The van der Waals surface area contributed by atoms with E-state index in [9.17, 15) is 4.39 Å². The van der Waals surface area contributed by atoms with Crippen molar-refractivity contribution in [1.82, 2.24) is 10.6 Å². The lowest BCUT2D eigenvalue weighted by Gasteiger charge is -2.11. The highest BCUT2D eigenvalue weighted by atomic mass is 79.9. The van der Waals surface area contributed by atoms with Gasteiger partial charge in [-0.25, -0.2) is 4.39 Å².